The molecule has 2 amide bonds. The van der Waals surface area contributed by atoms with E-state index in [2.05, 4.69) is 15.6 Å². The predicted octanol–water partition coefficient (Wildman–Crippen LogP) is 3.56. The van der Waals surface area contributed by atoms with Crippen molar-refractivity contribution in [3.8, 4) is 11.5 Å². The van der Waals surface area contributed by atoms with Gasteiger partial charge in [0, 0.05) is 17.0 Å². The van der Waals surface area contributed by atoms with Crippen LogP contribution in [0.1, 0.15) is 15.9 Å². The molecule has 11 heteroatoms. The average molecular weight is 453 g/mol. The molecule has 0 spiro atoms. The Balaban J connectivity index is 1.60. The van der Waals surface area contributed by atoms with Crippen molar-refractivity contribution >= 4 is 34.4 Å². The number of thioether (sulfide) groups is 1. The second-order valence-electron chi connectivity index (χ2n) is 6.27. The Morgan fingerprint density at radius 2 is 1.94 bits per heavy atom. The highest BCUT2D eigenvalue weighted by molar-refractivity contribution is 8.14. The molecule has 0 unspecified atom stereocenters. The number of benzene rings is 2. The van der Waals surface area contributed by atoms with Crippen molar-refractivity contribution in [3.05, 3.63) is 53.6 Å². The molecule has 0 aliphatic carbocycles. The van der Waals surface area contributed by atoms with Gasteiger partial charge < -0.3 is 20.1 Å². The van der Waals surface area contributed by atoms with E-state index in [1.54, 1.807) is 0 Å². The van der Waals surface area contributed by atoms with Crippen LogP contribution in [0.4, 0.5) is 18.9 Å². The van der Waals surface area contributed by atoms with E-state index in [-0.39, 0.29) is 23.1 Å². The fourth-order valence-corrected chi connectivity index (χ4v) is 3.35. The molecular formula is C20H18F3N3O4S. The van der Waals surface area contributed by atoms with E-state index >= 15 is 0 Å². The highest BCUT2D eigenvalue weighted by Gasteiger charge is 2.30. The van der Waals surface area contributed by atoms with Gasteiger partial charge in [0.15, 0.2) is 23.3 Å². The van der Waals surface area contributed by atoms with Crippen LogP contribution in [0.25, 0.3) is 0 Å². The van der Waals surface area contributed by atoms with Crippen molar-refractivity contribution in [1.29, 1.82) is 0 Å². The minimum absolute atomic E-state index is 0.00453. The summed E-state index contributed by atoms with van der Waals surface area (Å²) < 4.78 is 48.9. The van der Waals surface area contributed by atoms with Crippen molar-refractivity contribution in [1.82, 2.24) is 5.32 Å². The standard InChI is InChI=1S/C20H18F3N3O4S/c1-29-16-9-12(18(28)26-19-24-7-8-31-19)5-6-15(16)30-11-17(27)25-14-4-2-3-13(10-14)20(21,22)23/h2-6,9-10H,7-8,11H2,1H3,(H,25,27)(H,24,26,28). The predicted molar refractivity (Wildman–Crippen MR) is 111 cm³/mol. The fraction of sp³-hybridized carbons (Fsp3) is 0.250. The van der Waals surface area contributed by atoms with Gasteiger partial charge in [-0.25, -0.2) is 0 Å². The maximum atomic E-state index is 12.8. The number of rotatable bonds is 6. The highest BCUT2D eigenvalue weighted by Crippen LogP contribution is 2.31. The number of nitrogens with one attached hydrogen (secondary N) is 2. The lowest BCUT2D eigenvalue weighted by atomic mass is 10.2. The summed E-state index contributed by atoms with van der Waals surface area (Å²) in [6.45, 7) is 0.185. The second-order valence-corrected chi connectivity index (χ2v) is 7.35. The Bertz CT molecular complexity index is 1010. The summed E-state index contributed by atoms with van der Waals surface area (Å²) in [6.07, 6.45) is -4.51. The Morgan fingerprint density at radius 1 is 1.13 bits per heavy atom. The average Bonchev–Trinajstić information content (AvgIpc) is 3.24. The third-order valence-corrected chi connectivity index (χ3v) is 4.96. The summed E-state index contributed by atoms with van der Waals surface area (Å²) in [5.41, 5.74) is -0.563. The minimum Gasteiger partial charge on any atom is -0.493 e. The van der Waals surface area contributed by atoms with E-state index in [0.29, 0.717) is 17.3 Å². The molecule has 31 heavy (non-hydrogen) atoms. The molecule has 3 rings (SSSR count). The molecule has 0 bridgehead atoms. The zero-order valence-electron chi connectivity index (χ0n) is 16.3. The lowest BCUT2D eigenvalue weighted by Gasteiger charge is -2.13. The number of alkyl halides is 3. The number of carbonyl (C=O) groups is 2. The van der Waals surface area contributed by atoms with Gasteiger partial charge in [-0.3, -0.25) is 14.6 Å². The van der Waals surface area contributed by atoms with Crippen LogP contribution in [0.15, 0.2) is 47.5 Å². The summed E-state index contributed by atoms with van der Waals surface area (Å²) in [7, 11) is 1.38. The molecule has 1 aliphatic rings. The largest absolute Gasteiger partial charge is 0.493 e. The van der Waals surface area contributed by atoms with Crippen molar-refractivity contribution in [2.24, 2.45) is 4.99 Å². The SMILES string of the molecule is COc1cc(C(=O)NC2=NCCS2)ccc1OCC(=O)Nc1cccc(C(F)(F)F)c1. The number of carbonyl (C=O) groups excluding carboxylic acids is 2. The third-order valence-electron chi connectivity index (χ3n) is 4.06. The van der Waals surface area contributed by atoms with Crippen LogP contribution in [0.5, 0.6) is 11.5 Å². The first-order chi connectivity index (χ1) is 14.8. The number of hydrogen-bond donors (Lipinski definition) is 2. The maximum absolute atomic E-state index is 12.8. The number of aliphatic imine (C=N–C) groups is 1. The molecule has 0 aromatic heterocycles. The molecule has 0 atom stereocenters. The van der Waals surface area contributed by atoms with E-state index in [9.17, 15) is 22.8 Å². The van der Waals surface area contributed by atoms with Crippen LogP contribution in [0, 0.1) is 0 Å². The van der Waals surface area contributed by atoms with E-state index in [1.165, 1.54) is 49.2 Å². The molecule has 0 fully saturated rings. The van der Waals surface area contributed by atoms with Gasteiger partial charge in [-0.05, 0) is 36.4 Å². The first kappa shape index (κ1) is 22.5. The number of ether oxygens (including phenoxy) is 2. The van der Waals surface area contributed by atoms with Gasteiger partial charge in [0.05, 0.1) is 19.2 Å². The van der Waals surface area contributed by atoms with Gasteiger partial charge in [0.1, 0.15) is 0 Å². The topological polar surface area (TPSA) is 89.0 Å². The molecule has 2 aromatic rings. The molecule has 1 heterocycles. The van der Waals surface area contributed by atoms with Gasteiger partial charge >= 0.3 is 6.18 Å². The van der Waals surface area contributed by atoms with Gasteiger partial charge in [-0.15, -0.1) is 0 Å². The Kier molecular flexibility index (Phi) is 7.06. The fourth-order valence-electron chi connectivity index (χ4n) is 2.62. The number of amides is 2. The van der Waals surface area contributed by atoms with Crippen molar-refractivity contribution in [2.75, 3.05) is 31.3 Å². The number of halogens is 3. The van der Waals surface area contributed by atoms with E-state index in [1.807, 2.05) is 0 Å². The van der Waals surface area contributed by atoms with Crippen LogP contribution in [0.2, 0.25) is 0 Å². The first-order valence-electron chi connectivity index (χ1n) is 9.03. The molecule has 2 aromatic carbocycles. The van der Waals surface area contributed by atoms with Crippen molar-refractivity contribution < 1.29 is 32.2 Å². The van der Waals surface area contributed by atoms with Crippen molar-refractivity contribution in [3.63, 3.8) is 0 Å². The lowest BCUT2D eigenvalue weighted by Crippen LogP contribution is -2.27. The monoisotopic (exact) mass is 453 g/mol. The first-order valence-corrected chi connectivity index (χ1v) is 10.0. The molecule has 7 nitrogen and oxygen atoms in total. The Morgan fingerprint density at radius 3 is 2.61 bits per heavy atom. The second kappa shape index (κ2) is 9.73. The van der Waals surface area contributed by atoms with Crippen LogP contribution in [-0.4, -0.2) is 43.0 Å². The summed E-state index contributed by atoms with van der Waals surface area (Å²) in [6, 6.07) is 8.70. The third kappa shape index (κ3) is 6.14. The smallest absolute Gasteiger partial charge is 0.416 e. The van der Waals surface area contributed by atoms with Gasteiger partial charge in [0.25, 0.3) is 11.8 Å². The molecule has 1 aliphatic heterocycles. The van der Waals surface area contributed by atoms with Crippen LogP contribution in [0.3, 0.4) is 0 Å². The van der Waals surface area contributed by atoms with Crippen LogP contribution >= 0.6 is 11.8 Å². The van der Waals surface area contributed by atoms with E-state index < -0.39 is 24.3 Å². The zero-order valence-corrected chi connectivity index (χ0v) is 17.1. The number of amidine groups is 1. The van der Waals surface area contributed by atoms with E-state index in [4.69, 9.17) is 9.47 Å². The summed E-state index contributed by atoms with van der Waals surface area (Å²) in [5.74, 6) is 0.222. The molecule has 0 saturated heterocycles. The Labute approximate surface area is 180 Å². The van der Waals surface area contributed by atoms with Gasteiger partial charge in [-0.1, -0.05) is 17.8 Å². The summed E-state index contributed by atoms with van der Waals surface area (Å²) in [4.78, 5) is 28.5. The Hall–Kier alpha value is -3.21. The molecule has 2 N–H and O–H groups in total. The number of nitrogens with zero attached hydrogens (tertiary/aromatic N) is 1. The van der Waals surface area contributed by atoms with E-state index in [0.717, 1.165) is 17.9 Å². The lowest BCUT2D eigenvalue weighted by molar-refractivity contribution is -0.137. The minimum atomic E-state index is -4.51. The molecule has 164 valence electrons. The van der Waals surface area contributed by atoms with Gasteiger partial charge in [-0.2, -0.15) is 13.2 Å². The number of hydrogen-bond acceptors (Lipinski definition) is 6. The van der Waals surface area contributed by atoms with Crippen LogP contribution in [-0.2, 0) is 11.0 Å². The normalized spacial score (nSPS) is 13.4. The number of methoxy groups -OCH3 is 1. The van der Waals surface area contributed by atoms with Crippen LogP contribution < -0.4 is 20.1 Å². The molecular weight excluding hydrogens is 435 g/mol. The molecule has 0 saturated carbocycles. The number of anilines is 1. The molecule has 0 radical (unpaired) electrons. The maximum Gasteiger partial charge on any atom is 0.416 e. The van der Waals surface area contributed by atoms with Crippen molar-refractivity contribution in [2.45, 2.75) is 6.18 Å². The highest BCUT2D eigenvalue weighted by atomic mass is 32.2. The summed E-state index contributed by atoms with van der Waals surface area (Å²) in [5, 5.41) is 5.59. The zero-order chi connectivity index (χ0) is 22.4. The van der Waals surface area contributed by atoms with Gasteiger partial charge in [0.2, 0.25) is 0 Å². The quantitative estimate of drug-likeness (QED) is 0.698. The summed E-state index contributed by atoms with van der Waals surface area (Å²) >= 11 is 1.45.